The molecule has 208 valence electrons. The minimum atomic E-state index is 0.567. The van der Waals surface area contributed by atoms with Gasteiger partial charge in [-0.15, -0.1) is 0 Å². The van der Waals surface area contributed by atoms with Gasteiger partial charge in [0.05, 0.1) is 22.4 Å². The van der Waals surface area contributed by atoms with E-state index in [1.165, 1.54) is 10.4 Å². The summed E-state index contributed by atoms with van der Waals surface area (Å²) < 4.78 is 4.17. The van der Waals surface area contributed by atoms with Gasteiger partial charge in [-0.2, -0.15) is 4.98 Å². The third-order valence-electron chi connectivity index (χ3n) is 8.33. The molecule has 3 aromatic heterocycles. The van der Waals surface area contributed by atoms with Gasteiger partial charge in [-0.05, 0) is 64.1 Å². The lowest BCUT2D eigenvalue weighted by Gasteiger charge is -2.34. The molecule has 0 saturated carbocycles. The van der Waals surface area contributed by atoms with Crippen LogP contribution in [0.3, 0.4) is 0 Å². The molecule has 0 fully saturated rings. The number of aryl methyl sites for hydroxylation is 1. The van der Waals surface area contributed by atoms with Crippen molar-refractivity contribution >= 4 is 58.9 Å². The molecular weight excluding hydrogens is 530 g/mol. The zero-order valence-corrected chi connectivity index (χ0v) is 24.1. The maximum Gasteiger partial charge on any atom is 0.226 e. The van der Waals surface area contributed by atoms with Gasteiger partial charge in [-0.25, -0.2) is 19.5 Å². The summed E-state index contributed by atoms with van der Waals surface area (Å²) in [5.74, 6) is 2.14. The van der Waals surface area contributed by atoms with Crippen LogP contribution in [0.25, 0.3) is 58.9 Å². The second-order valence-corrected chi connectivity index (χ2v) is 10.9. The van der Waals surface area contributed by atoms with Gasteiger partial charge in [0.25, 0.3) is 0 Å². The molecule has 2 aliphatic rings. The molecule has 43 heavy (non-hydrogen) atoms. The van der Waals surface area contributed by atoms with Gasteiger partial charge in [0.15, 0.2) is 11.3 Å². The van der Waals surface area contributed by atoms with Crippen LogP contribution in [-0.4, -0.2) is 29.1 Å². The van der Waals surface area contributed by atoms with Crippen molar-refractivity contribution in [2.45, 2.75) is 26.7 Å². The Hall–Kier alpha value is -5.56. The lowest BCUT2D eigenvalue weighted by molar-refractivity contribution is 0.813. The van der Waals surface area contributed by atoms with Gasteiger partial charge in [-0.1, -0.05) is 86.8 Å². The maximum absolute atomic E-state index is 5.19. The zero-order chi connectivity index (χ0) is 29.2. The summed E-state index contributed by atoms with van der Waals surface area (Å²) in [4.78, 5) is 22.4. The van der Waals surface area contributed by atoms with E-state index >= 15 is 0 Å². The molecule has 4 heterocycles. The molecule has 0 saturated heterocycles. The number of hydrogen-bond acceptors (Lipinski definition) is 5. The highest BCUT2D eigenvalue weighted by Crippen LogP contribution is 2.40. The summed E-state index contributed by atoms with van der Waals surface area (Å²) >= 11 is 0. The average molecular weight is 560 g/mol. The fourth-order valence-corrected chi connectivity index (χ4v) is 6.15. The first-order valence-electron chi connectivity index (χ1n) is 14.5. The van der Waals surface area contributed by atoms with Crippen molar-refractivity contribution in [3.8, 4) is 5.95 Å². The molecule has 0 N–H and O–H groups in total. The predicted molar refractivity (Wildman–Crippen MR) is 174 cm³/mol. The largest absolute Gasteiger partial charge is 0.269 e. The SMILES string of the molecule is C=C1N(C2=C(C)C=c3ccccc3=CC2)c2nc3nc4ccccc4nc3n2-c2nc(CC)c(/C=c3/ccccc3=C)n21. The number of allylic oxidation sites excluding steroid dienone is 2. The molecule has 1 aliphatic carbocycles. The van der Waals surface area contributed by atoms with Gasteiger partial charge in [0, 0.05) is 12.1 Å². The van der Waals surface area contributed by atoms with Crippen molar-refractivity contribution in [2.24, 2.45) is 0 Å². The highest BCUT2D eigenvalue weighted by Gasteiger charge is 2.36. The van der Waals surface area contributed by atoms with E-state index in [-0.39, 0.29) is 0 Å². The Morgan fingerprint density at radius 2 is 1.51 bits per heavy atom. The quantitative estimate of drug-likeness (QED) is 0.326. The molecule has 7 nitrogen and oxygen atoms in total. The van der Waals surface area contributed by atoms with Crippen molar-refractivity contribution in [3.63, 3.8) is 0 Å². The molecular formula is C36H29N7. The lowest BCUT2D eigenvalue weighted by atomic mass is 10.1. The standard InChI is InChI=1S/C36H29N7/c1-5-28-32(21-26-14-7-6-12-22(26)2)42-24(4)41(31-19-18-25-13-8-9-15-27(25)20-23(31)3)36-40-33-34(43(36)35(42)39-28)38-30-17-11-10-16-29(30)37-33/h6-18,20-21H,2,4-5,19H2,1,3H3/b26-21-. The lowest BCUT2D eigenvalue weighted by Crippen LogP contribution is -2.33. The van der Waals surface area contributed by atoms with E-state index in [4.69, 9.17) is 19.9 Å². The van der Waals surface area contributed by atoms with Crippen molar-refractivity contribution in [2.75, 3.05) is 4.90 Å². The number of anilines is 1. The second kappa shape index (κ2) is 9.49. The highest BCUT2D eigenvalue weighted by atomic mass is 15.5. The molecule has 0 atom stereocenters. The molecule has 0 amide bonds. The van der Waals surface area contributed by atoms with E-state index in [9.17, 15) is 0 Å². The third-order valence-corrected chi connectivity index (χ3v) is 8.33. The van der Waals surface area contributed by atoms with Crippen LogP contribution in [0.4, 0.5) is 5.95 Å². The fourth-order valence-electron chi connectivity index (χ4n) is 6.15. The maximum atomic E-state index is 5.19. The molecule has 6 aromatic rings. The van der Waals surface area contributed by atoms with Crippen LogP contribution in [0.15, 0.2) is 90.6 Å². The number of hydrogen-bond donors (Lipinski definition) is 0. The van der Waals surface area contributed by atoms with E-state index in [0.717, 1.165) is 56.4 Å². The molecule has 0 bridgehead atoms. The third kappa shape index (κ3) is 3.82. The Morgan fingerprint density at radius 3 is 2.30 bits per heavy atom. The summed E-state index contributed by atoms with van der Waals surface area (Å²) in [5.41, 5.74) is 6.99. The van der Waals surface area contributed by atoms with Crippen molar-refractivity contribution < 1.29 is 0 Å². The molecule has 8 rings (SSSR count). The van der Waals surface area contributed by atoms with Gasteiger partial charge < -0.3 is 0 Å². The van der Waals surface area contributed by atoms with Gasteiger partial charge in [0.1, 0.15) is 5.82 Å². The molecule has 0 radical (unpaired) electrons. The van der Waals surface area contributed by atoms with Crippen LogP contribution in [-0.2, 0) is 6.42 Å². The Balaban J connectivity index is 1.47. The zero-order valence-electron chi connectivity index (χ0n) is 24.1. The summed E-state index contributed by atoms with van der Waals surface area (Å²) in [7, 11) is 0. The topological polar surface area (TPSA) is 64.7 Å². The first kappa shape index (κ1) is 25.2. The van der Waals surface area contributed by atoms with E-state index in [0.29, 0.717) is 29.6 Å². The number of benzene rings is 3. The van der Waals surface area contributed by atoms with E-state index in [1.54, 1.807) is 0 Å². The van der Waals surface area contributed by atoms with Crippen LogP contribution in [0, 0.1) is 0 Å². The van der Waals surface area contributed by atoms with Gasteiger partial charge in [-0.3, -0.25) is 9.47 Å². The molecule has 0 spiro atoms. The monoisotopic (exact) mass is 559 g/mol. The number of rotatable bonds is 3. The number of nitrogens with zero attached hydrogens (tertiary/aromatic N) is 7. The molecule has 3 aromatic carbocycles. The Morgan fingerprint density at radius 1 is 0.791 bits per heavy atom. The minimum absolute atomic E-state index is 0.567. The van der Waals surface area contributed by atoms with Crippen LogP contribution in [0.5, 0.6) is 0 Å². The summed E-state index contributed by atoms with van der Waals surface area (Å²) in [5, 5.41) is 4.39. The van der Waals surface area contributed by atoms with Crippen LogP contribution in [0.1, 0.15) is 31.7 Å². The van der Waals surface area contributed by atoms with Crippen molar-refractivity contribution in [1.29, 1.82) is 0 Å². The smallest absolute Gasteiger partial charge is 0.226 e. The normalized spacial score (nSPS) is 14.8. The Labute approximate surface area is 248 Å². The number of para-hydroxylation sites is 2. The Bertz CT molecular complexity index is 2420. The second-order valence-electron chi connectivity index (χ2n) is 10.9. The van der Waals surface area contributed by atoms with Crippen LogP contribution >= 0.6 is 0 Å². The summed E-state index contributed by atoms with van der Waals surface area (Å²) in [6.45, 7) is 13.2. The number of aromatic nitrogens is 6. The fraction of sp³-hybridized carbons (Fsp3) is 0.111. The summed E-state index contributed by atoms with van der Waals surface area (Å²) in [6.07, 6.45) is 8.12. The Kier molecular flexibility index (Phi) is 5.56. The molecule has 7 heteroatoms. The van der Waals surface area contributed by atoms with E-state index in [2.05, 4.69) is 85.0 Å². The van der Waals surface area contributed by atoms with Gasteiger partial charge >= 0.3 is 0 Å². The predicted octanol–water partition coefficient (Wildman–Crippen LogP) is 4.15. The molecule has 1 aliphatic heterocycles. The van der Waals surface area contributed by atoms with Crippen LogP contribution < -0.4 is 25.8 Å². The average Bonchev–Trinajstić information content (AvgIpc) is 3.51. The van der Waals surface area contributed by atoms with Gasteiger partial charge in [0.2, 0.25) is 11.9 Å². The van der Waals surface area contributed by atoms with Crippen LogP contribution in [0.2, 0.25) is 0 Å². The van der Waals surface area contributed by atoms with E-state index in [1.807, 2.05) is 47.0 Å². The highest BCUT2D eigenvalue weighted by molar-refractivity contribution is 5.89. The van der Waals surface area contributed by atoms with Crippen molar-refractivity contribution in [3.05, 3.63) is 123 Å². The molecule has 0 unspecified atom stereocenters. The number of fused-ring (bicyclic) bond motifs is 7. The minimum Gasteiger partial charge on any atom is -0.269 e. The number of imidazole rings is 2. The van der Waals surface area contributed by atoms with E-state index < -0.39 is 0 Å². The van der Waals surface area contributed by atoms with Crippen molar-refractivity contribution in [1.82, 2.24) is 29.1 Å². The first-order valence-corrected chi connectivity index (χ1v) is 14.5. The first-order chi connectivity index (χ1) is 21.0. The summed E-state index contributed by atoms with van der Waals surface area (Å²) in [6, 6.07) is 24.5.